The fraction of sp³-hybridized carbons (Fsp3) is 0.462. The van der Waals surface area contributed by atoms with Crippen LogP contribution in [0.4, 0.5) is 4.79 Å². The van der Waals surface area contributed by atoms with E-state index < -0.39 is 21.5 Å². The number of nitrogens with zero attached hydrogens (tertiary/aromatic N) is 1. The van der Waals surface area contributed by atoms with Crippen molar-refractivity contribution in [2.45, 2.75) is 63.1 Å². The molecule has 1 saturated heterocycles. The molecule has 2 atom stereocenters. The van der Waals surface area contributed by atoms with Crippen molar-refractivity contribution in [3.63, 3.8) is 0 Å². The molecular weight excluding hydrogens is 468 g/mol. The molecule has 0 spiro atoms. The second-order valence-corrected chi connectivity index (χ2v) is 11.9. The molecule has 1 aliphatic rings. The average Bonchev–Trinajstić information content (AvgIpc) is 3.32. The lowest BCUT2D eigenvalue weighted by atomic mass is 10.0. The Kier molecular flexibility index (Phi) is 8.22. The third kappa shape index (κ3) is 6.61. The van der Waals surface area contributed by atoms with Gasteiger partial charge in [0.1, 0.15) is 5.60 Å². The van der Waals surface area contributed by atoms with Gasteiger partial charge in [-0.3, -0.25) is 4.79 Å². The number of rotatable bonds is 7. The summed E-state index contributed by atoms with van der Waals surface area (Å²) in [5.74, 6) is -0.366. The third-order valence-electron chi connectivity index (χ3n) is 5.95. The maximum absolute atomic E-state index is 12.8. The van der Waals surface area contributed by atoms with Gasteiger partial charge >= 0.3 is 6.09 Å². The Morgan fingerprint density at radius 1 is 1.11 bits per heavy atom. The zero-order chi connectivity index (χ0) is 25.8. The molecule has 2 amide bonds. The van der Waals surface area contributed by atoms with E-state index in [0.717, 1.165) is 18.4 Å². The normalized spacial score (nSPS) is 17.2. The maximum atomic E-state index is 12.8. The second-order valence-electron chi connectivity index (χ2n) is 9.63. The van der Waals surface area contributed by atoms with Gasteiger partial charge < -0.3 is 20.1 Å². The highest BCUT2D eigenvalue weighted by atomic mass is 32.2. The molecule has 2 N–H and O–H groups in total. The molecule has 0 aliphatic carbocycles. The van der Waals surface area contributed by atoms with Crippen LogP contribution in [-0.4, -0.2) is 54.9 Å². The van der Waals surface area contributed by atoms with Gasteiger partial charge in [0.15, 0.2) is 9.84 Å². The molecule has 0 aromatic heterocycles. The fourth-order valence-corrected chi connectivity index (χ4v) is 4.94. The lowest BCUT2D eigenvalue weighted by molar-refractivity contribution is 0.0224. The minimum atomic E-state index is -3.33. The summed E-state index contributed by atoms with van der Waals surface area (Å²) in [5.41, 5.74) is 1.38. The van der Waals surface area contributed by atoms with Crippen molar-refractivity contribution in [2.24, 2.45) is 0 Å². The van der Waals surface area contributed by atoms with Crippen molar-refractivity contribution >= 4 is 21.8 Å². The first-order valence-corrected chi connectivity index (χ1v) is 13.4. The molecule has 1 unspecified atom stereocenters. The van der Waals surface area contributed by atoms with Crippen LogP contribution in [0.1, 0.15) is 74.1 Å². The number of hydrogen-bond donors (Lipinski definition) is 2. The molecule has 9 heteroatoms. The van der Waals surface area contributed by atoms with Crippen molar-refractivity contribution in [3.8, 4) is 0 Å². The molecule has 8 nitrogen and oxygen atoms in total. The highest BCUT2D eigenvalue weighted by Gasteiger charge is 2.33. The van der Waals surface area contributed by atoms with E-state index in [9.17, 15) is 23.1 Å². The van der Waals surface area contributed by atoms with Crippen molar-refractivity contribution in [3.05, 3.63) is 65.2 Å². The number of amides is 2. The average molecular weight is 503 g/mol. The van der Waals surface area contributed by atoms with Crippen LogP contribution in [0.5, 0.6) is 0 Å². The molecule has 2 aromatic rings. The predicted molar refractivity (Wildman–Crippen MR) is 133 cm³/mol. The molecule has 2 aromatic carbocycles. The van der Waals surface area contributed by atoms with Gasteiger partial charge in [-0.05, 0) is 69.0 Å². The monoisotopic (exact) mass is 502 g/mol. The molecule has 35 heavy (non-hydrogen) atoms. The number of ether oxygens (including phenoxy) is 1. The summed E-state index contributed by atoms with van der Waals surface area (Å²) >= 11 is 0. The largest absolute Gasteiger partial charge is 0.444 e. The number of nitrogens with one attached hydrogen (secondary N) is 1. The number of aliphatic hydroxyl groups is 1. The summed E-state index contributed by atoms with van der Waals surface area (Å²) < 4.78 is 29.5. The molecule has 0 saturated carbocycles. The molecule has 0 radical (unpaired) electrons. The van der Waals surface area contributed by atoms with E-state index in [1.165, 1.54) is 12.1 Å². The van der Waals surface area contributed by atoms with E-state index in [0.29, 0.717) is 17.7 Å². The quantitative estimate of drug-likeness (QED) is 0.591. The van der Waals surface area contributed by atoms with E-state index in [1.807, 2.05) is 32.9 Å². The topological polar surface area (TPSA) is 113 Å². The Hall–Kier alpha value is -2.91. The summed E-state index contributed by atoms with van der Waals surface area (Å²) in [6.45, 7) is 7.38. The molecule has 3 rings (SSSR count). The van der Waals surface area contributed by atoms with Crippen LogP contribution in [-0.2, 0) is 14.6 Å². The Balaban J connectivity index is 1.69. The van der Waals surface area contributed by atoms with E-state index in [4.69, 9.17) is 4.74 Å². The number of hydrogen-bond acceptors (Lipinski definition) is 6. The van der Waals surface area contributed by atoms with Crippen molar-refractivity contribution in [2.75, 3.05) is 18.9 Å². The van der Waals surface area contributed by atoms with Gasteiger partial charge in [0.25, 0.3) is 5.91 Å². The number of likely N-dealkylation sites (tertiary alicyclic amines) is 1. The van der Waals surface area contributed by atoms with Crippen molar-refractivity contribution < 1.29 is 27.9 Å². The maximum Gasteiger partial charge on any atom is 0.410 e. The molecule has 1 heterocycles. The fourth-order valence-electron chi connectivity index (χ4n) is 4.06. The van der Waals surface area contributed by atoms with Gasteiger partial charge in [-0.15, -0.1) is 0 Å². The van der Waals surface area contributed by atoms with Gasteiger partial charge in [0.2, 0.25) is 0 Å². The smallest absolute Gasteiger partial charge is 0.410 e. The van der Waals surface area contributed by atoms with Crippen molar-refractivity contribution in [1.82, 2.24) is 10.2 Å². The molecule has 1 fully saturated rings. The summed E-state index contributed by atoms with van der Waals surface area (Å²) in [5, 5.41) is 12.6. The number of aliphatic hydroxyl groups excluding tert-OH is 1. The lowest BCUT2D eigenvalue weighted by Crippen LogP contribution is -2.36. The summed E-state index contributed by atoms with van der Waals surface area (Å²) in [6, 6.07) is 12.4. The van der Waals surface area contributed by atoms with Crippen LogP contribution >= 0.6 is 0 Å². The Morgan fingerprint density at radius 3 is 2.29 bits per heavy atom. The molecule has 1 aliphatic heterocycles. The highest BCUT2D eigenvalue weighted by Crippen LogP contribution is 2.33. The van der Waals surface area contributed by atoms with E-state index in [-0.39, 0.29) is 35.3 Å². The van der Waals surface area contributed by atoms with Crippen LogP contribution < -0.4 is 5.32 Å². The summed E-state index contributed by atoms with van der Waals surface area (Å²) in [6.07, 6.45) is 1.36. The number of sulfone groups is 1. The van der Waals surface area contributed by atoms with Gasteiger partial charge in [0, 0.05) is 12.1 Å². The Labute approximate surface area is 207 Å². The third-order valence-corrected chi connectivity index (χ3v) is 7.70. The minimum absolute atomic E-state index is 0.00109. The van der Waals surface area contributed by atoms with E-state index >= 15 is 0 Å². The Morgan fingerprint density at radius 2 is 1.74 bits per heavy atom. The van der Waals surface area contributed by atoms with E-state index in [1.54, 1.807) is 36.1 Å². The van der Waals surface area contributed by atoms with Crippen LogP contribution in [0.15, 0.2) is 53.4 Å². The number of carbonyl (C=O) groups excluding carboxylic acids is 2. The molecular formula is C26H34N2O6S. The molecule has 190 valence electrons. The van der Waals surface area contributed by atoms with E-state index in [2.05, 4.69) is 5.32 Å². The van der Waals surface area contributed by atoms with Crippen LogP contribution in [0, 0.1) is 0 Å². The summed E-state index contributed by atoms with van der Waals surface area (Å²) in [4.78, 5) is 27.3. The standard InChI is InChI=1S/C26H34N2O6S/c1-5-35(32,33)21-14-12-18(13-15-21)22(17-29)27-24(30)20-10-8-19(9-11-20)23-7-6-16-28(23)25(31)34-26(2,3)4/h8-15,22-23,29H,5-7,16-17H2,1-4H3,(H,27,30)/t22-,23?/m0/s1. The van der Waals surface area contributed by atoms with Crippen molar-refractivity contribution in [1.29, 1.82) is 0 Å². The minimum Gasteiger partial charge on any atom is -0.444 e. The second kappa shape index (κ2) is 10.8. The first-order chi connectivity index (χ1) is 16.4. The first-order valence-electron chi connectivity index (χ1n) is 11.8. The highest BCUT2D eigenvalue weighted by molar-refractivity contribution is 7.91. The SMILES string of the molecule is CCS(=O)(=O)c1ccc([C@H](CO)NC(=O)c2ccc(C3CCCN3C(=O)OC(C)(C)C)cc2)cc1. The Bertz CT molecular complexity index is 1140. The molecule has 0 bridgehead atoms. The first kappa shape index (κ1) is 26.7. The summed E-state index contributed by atoms with van der Waals surface area (Å²) in [7, 11) is -3.33. The van der Waals surface area contributed by atoms with Crippen LogP contribution in [0.2, 0.25) is 0 Å². The lowest BCUT2D eigenvalue weighted by Gasteiger charge is -2.29. The van der Waals surface area contributed by atoms with Gasteiger partial charge in [-0.25, -0.2) is 13.2 Å². The van der Waals surface area contributed by atoms with Gasteiger partial charge in [0.05, 0.1) is 29.3 Å². The van der Waals surface area contributed by atoms with Crippen LogP contribution in [0.3, 0.4) is 0 Å². The number of benzene rings is 2. The predicted octanol–water partition coefficient (Wildman–Crippen LogP) is 4.02. The zero-order valence-electron chi connectivity index (χ0n) is 20.7. The van der Waals surface area contributed by atoms with Gasteiger partial charge in [-0.2, -0.15) is 0 Å². The zero-order valence-corrected chi connectivity index (χ0v) is 21.5. The van der Waals surface area contributed by atoms with Gasteiger partial charge in [-0.1, -0.05) is 31.2 Å². The van der Waals surface area contributed by atoms with Crippen LogP contribution in [0.25, 0.3) is 0 Å². The number of carbonyl (C=O) groups is 2.